The molecule has 11 heteroatoms. The first-order chi connectivity index (χ1) is 18.6. The second-order valence-electron chi connectivity index (χ2n) is 9.46. The molecule has 11 nitrogen and oxygen atoms in total. The summed E-state index contributed by atoms with van der Waals surface area (Å²) in [7, 11) is 0. The predicted molar refractivity (Wildman–Crippen MR) is 146 cm³/mol. The van der Waals surface area contributed by atoms with E-state index in [4.69, 9.17) is 11.5 Å². The number of nitrogens with one attached hydrogen (secondary N) is 3. The second kappa shape index (κ2) is 16.2. The molecule has 0 spiro atoms. The van der Waals surface area contributed by atoms with Gasteiger partial charge in [-0.25, -0.2) is 4.79 Å². The number of hydrogen-bond acceptors (Lipinski definition) is 7. The Hall–Kier alpha value is -3.80. The van der Waals surface area contributed by atoms with E-state index in [-0.39, 0.29) is 19.3 Å². The molecule has 2 aromatic rings. The van der Waals surface area contributed by atoms with E-state index in [1.54, 1.807) is 12.1 Å². The van der Waals surface area contributed by atoms with E-state index in [9.17, 15) is 29.4 Å². The third kappa shape index (κ3) is 10.8. The molecule has 0 bridgehead atoms. The fraction of sp³-hybridized carbons (Fsp3) is 0.429. The van der Waals surface area contributed by atoms with Gasteiger partial charge in [-0.05, 0) is 50.3 Å². The molecular weight excluding hydrogens is 502 g/mol. The lowest BCUT2D eigenvalue weighted by Gasteiger charge is -2.26. The van der Waals surface area contributed by atoms with E-state index in [0.717, 1.165) is 11.1 Å². The fourth-order valence-electron chi connectivity index (χ4n) is 3.98. The van der Waals surface area contributed by atoms with Crippen molar-refractivity contribution < 1.29 is 29.4 Å². The van der Waals surface area contributed by atoms with E-state index in [2.05, 4.69) is 16.0 Å². The van der Waals surface area contributed by atoms with Crippen LogP contribution in [-0.4, -0.2) is 70.7 Å². The van der Waals surface area contributed by atoms with Crippen molar-refractivity contribution in [2.24, 2.45) is 11.5 Å². The van der Waals surface area contributed by atoms with Crippen LogP contribution in [-0.2, 0) is 32.0 Å². The van der Waals surface area contributed by atoms with Gasteiger partial charge in [-0.1, -0.05) is 60.7 Å². The topological polar surface area (TPSA) is 197 Å². The number of nitrogens with two attached hydrogens (primary N) is 2. The van der Waals surface area contributed by atoms with Gasteiger partial charge in [0.1, 0.15) is 12.1 Å². The predicted octanol–water partition coefficient (Wildman–Crippen LogP) is -0.152. The van der Waals surface area contributed by atoms with Crippen LogP contribution < -0.4 is 27.4 Å². The number of carboxylic acid groups (broad SMARTS) is 1. The van der Waals surface area contributed by atoms with Gasteiger partial charge in [-0.15, -0.1) is 0 Å². The maximum Gasteiger partial charge on any atom is 0.328 e. The molecule has 2 aromatic carbocycles. The van der Waals surface area contributed by atoms with Gasteiger partial charge < -0.3 is 37.6 Å². The summed E-state index contributed by atoms with van der Waals surface area (Å²) in [4.78, 5) is 50.8. The molecule has 0 heterocycles. The van der Waals surface area contributed by atoms with E-state index < -0.39 is 54.0 Å². The monoisotopic (exact) mass is 541 g/mol. The average molecular weight is 542 g/mol. The Morgan fingerprint density at radius 2 is 1.28 bits per heavy atom. The summed E-state index contributed by atoms with van der Waals surface area (Å²) < 4.78 is 0. The number of carbonyl (C=O) groups is 4. The van der Waals surface area contributed by atoms with E-state index in [0.29, 0.717) is 19.4 Å². The van der Waals surface area contributed by atoms with Crippen LogP contribution in [0.5, 0.6) is 0 Å². The smallest absolute Gasteiger partial charge is 0.328 e. The van der Waals surface area contributed by atoms with E-state index >= 15 is 0 Å². The number of unbranched alkanes of at least 4 members (excludes halogenated alkanes) is 1. The first kappa shape index (κ1) is 31.4. The van der Waals surface area contributed by atoms with E-state index in [1.165, 1.54) is 6.92 Å². The molecule has 0 saturated carbocycles. The molecule has 5 unspecified atom stereocenters. The SMILES string of the molecule is CC(O)C(NC(=O)C(CCCCN)NC(=O)C(Cc1ccccc1)NC(=O)C(N)Cc1ccccc1)C(=O)O. The number of amides is 3. The van der Waals surface area contributed by atoms with Crippen molar-refractivity contribution in [1.29, 1.82) is 0 Å². The highest BCUT2D eigenvalue weighted by Gasteiger charge is 2.31. The second-order valence-corrected chi connectivity index (χ2v) is 9.46. The molecular formula is C28H39N5O6. The normalized spacial score (nSPS) is 14.8. The minimum Gasteiger partial charge on any atom is -0.480 e. The molecule has 9 N–H and O–H groups in total. The summed E-state index contributed by atoms with van der Waals surface area (Å²) in [5, 5.41) is 26.7. The minimum atomic E-state index is -1.55. The molecule has 0 aliphatic carbocycles. The summed E-state index contributed by atoms with van der Waals surface area (Å²) in [5.74, 6) is -3.33. The molecule has 2 rings (SSSR count). The Bertz CT molecular complexity index is 1070. The van der Waals surface area contributed by atoms with Crippen LogP contribution >= 0.6 is 0 Å². The lowest BCUT2D eigenvalue weighted by Crippen LogP contribution is -2.58. The Labute approximate surface area is 228 Å². The zero-order valence-electron chi connectivity index (χ0n) is 22.1. The highest BCUT2D eigenvalue weighted by atomic mass is 16.4. The van der Waals surface area contributed by atoms with Crippen LogP contribution in [0.4, 0.5) is 0 Å². The van der Waals surface area contributed by atoms with Gasteiger partial charge in [0.15, 0.2) is 6.04 Å². The summed E-state index contributed by atoms with van der Waals surface area (Å²) in [5.41, 5.74) is 13.3. The zero-order chi connectivity index (χ0) is 28.8. The number of aliphatic carboxylic acids is 1. The Morgan fingerprint density at radius 3 is 1.79 bits per heavy atom. The summed E-state index contributed by atoms with van der Waals surface area (Å²) >= 11 is 0. The van der Waals surface area contributed by atoms with Gasteiger partial charge in [0.2, 0.25) is 17.7 Å². The average Bonchev–Trinajstić information content (AvgIpc) is 2.91. The Morgan fingerprint density at radius 1 is 0.769 bits per heavy atom. The van der Waals surface area contributed by atoms with Gasteiger partial charge in [-0.2, -0.15) is 0 Å². The number of hydrogen-bond donors (Lipinski definition) is 7. The first-order valence-electron chi connectivity index (χ1n) is 13.0. The molecule has 3 amide bonds. The minimum absolute atomic E-state index is 0.138. The van der Waals surface area contributed by atoms with Crippen LogP contribution in [0.1, 0.15) is 37.3 Å². The molecule has 5 atom stereocenters. The molecule has 0 aromatic heterocycles. The maximum absolute atomic E-state index is 13.4. The van der Waals surface area contributed by atoms with Crippen molar-refractivity contribution in [3.63, 3.8) is 0 Å². The molecule has 39 heavy (non-hydrogen) atoms. The molecule has 0 radical (unpaired) electrons. The molecule has 0 saturated heterocycles. The van der Waals surface area contributed by atoms with Gasteiger partial charge in [0.25, 0.3) is 0 Å². The lowest BCUT2D eigenvalue weighted by molar-refractivity contribution is -0.145. The Balaban J connectivity index is 2.21. The number of benzene rings is 2. The lowest BCUT2D eigenvalue weighted by atomic mass is 10.0. The number of carbonyl (C=O) groups excluding carboxylic acids is 3. The van der Waals surface area contributed by atoms with Gasteiger partial charge >= 0.3 is 5.97 Å². The van der Waals surface area contributed by atoms with Crippen LogP contribution in [0.15, 0.2) is 60.7 Å². The van der Waals surface area contributed by atoms with Gasteiger partial charge in [0.05, 0.1) is 12.1 Å². The van der Waals surface area contributed by atoms with Crippen molar-refractivity contribution in [2.75, 3.05) is 6.54 Å². The molecule has 0 aliphatic rings. The standard InChI is InChI=1S/C28H39N5O6/c1-18(34)24(28(38)39)33-26(36)22(14-8-9-15-29)31-27(37)23(17-20-12-6-3-7-13-20)32-25(35)21(30)16-19-10-4-2-5-11-19/h2-7,10-13,18,21-24,34H,8-9,14-17,29-30H2,1H3,(H,31,37)(H,32,35)(H,33,36)(H,38,39). The summed E-state index contributed by atoms with van der Waals surface area (Å²) in [6, 6.07) is 13.7. The van der Waals surface area contributed by atoms with Crippen molar-refractivity contribution in [3.8, 4) is 0 Å². The Kier molecular flexibility index (Phi) is 13.1. The quantitative estimate of drug-likeness (QED) is 0.142. The highest BCUT2D eigenvalue weighted by Crippen LogP contribution is 2.08. The number of rotatable bonds is 16. The third-order valence-corrected chi connectivity index (χ3v) is 6.18. The van der Waals surface area contributed by atoms with Crippen LogP contribution in [0, 0.1) is 0 Å². The fourth-order valence-corrected chi connectivity index (χ4v) is 3.98. The summed E-state index contributed by atoms with van der Waals surface area (Å²) in [6.45, 7) is 1.62. The van der Waals surface area contributed by atoms with Crippen LogP contribution in [0.2, 0.25) is 0 Å². The van der Waals surface area contributed by atoms with Gasteiger partial charge in [0, 0.05) is 6.42 Å². The number of aliphatic hydroxyl groups excluding tert-OH is 1. The number of carboxylic acids is 1. The zero-order valence-corrected chi connectivity index (χ0v) is 22.1. The maximum atomic E-state index is 13.4. The first-order valence-corrected chi connectivity index (χ1v) is 13.0. The van der Waals surface area contributed by atoms with E-state index in [1.807, 2.05) is 48.5 Å². The molecule has 212 valence electrons. The largest absolute Gasteiger partial charge is 0.480 e. The van der Waals surface area contributed by atoms with Crippen LogP contribution in [0.25, 0.3) is 0 Å². The number of aliphatic hydroxyl groups is 1. The highest BCUT2D eigenvalue weighted by molar-refractivity contribution is 5.94. The molecule has 0 fully saturated rings. The summed E-state index contributed by atoms with van der Waals surface area (Å²) in [6.07, 6.45) is 0.296. The van der Waals surface area contributed by atoms with Crippen molar-refractivity contribution in [2.45, 2.75) is 69.3 Å². The molecule has 0 aliphatic heterocycles. The van der Waals surface area contributed by atoms with Gasteiger partial charge in [-0.3, -0.25) is 14.4 Å². The van der Waals surface area contributed by atoms with Crippen molar-refractivity contribution >= 4 is 23.7 Å². The third-order valence-electron chi connectivity index (χ3n) is 6.18. The van der Waals surface area contributed by atoms with Crippen LogP contribution in [0.3, 0.4) is 0 Å². The van der Waals surface area contributed by atoms with Crippen molar-refractivity contribution in [1.82, 2.24) is 16.0 Å². The van der Waals surface area contributed by atoms with Crippen molar-refractivity contribution in [3.05, 3.63) is 71.8 Å².